The molecule has 0 unspecified atom stereocenters. The molecular formula is C18H20N6O. The van der Waals surface area contributed by atoms with Crippen LogP contribution in [0.1, 0.15) is 30.0 Å². The van der Waals surface area contributed by atoms with Crippen LogP contribution in [0.2, 0.25) is 0 Å². The molecule has 0 aliphatic heterocycles. The summed E-state index contributed by atoms with van der Waals surface area (Å²) in [5, 5.41) is 5.56. The van der Waals surface area contributed by atoms with Gasteiger partial charge in [-0.2, -0.15) is 0 Å². The van der Waals surface area contributed by atoms with Gasteiger partial charge in [-0.15, -0.1) is 0 Å². The molecular weight excluding hydrogens is 316 g/mol. The minimum atomic E-state index is -0.281. The number of benzene rings is 1. The third-order valence-electron chi connectivity index (χ3n) is 3.98. The van der Waals surface area contributed by atoms with Gasteiger partial charge in [0, 0.05) is 30.5 Å². The van der Waals surface area contributed by atoms with E-state index in [4.69, 9.17) is 0 Å². The van der Waals surface area contributed by atoms with Crippen LogP contribution in [0.25, 0.3) is 0 Å². The van der Waals surface area contributed by atoms with Crippen LogP contribution < -0.4 is 10.6 Å². The molecule has 3 aromatic rings. The number of hydrogen-bond acceptors (Lipinski definition) is 4. The maximum absolute atomic E-state index is 12.0. The second-order valence-electron chi connectivity index (χ2n) is 5.68. The van der Waals surface area contributed by atoms with Crippen LogP contribution >= 0.6 is 0 Å². The first kappa shape index (κ1) is 16.6. The number of aryl methyl sites for hydroxylation is 1. The first-order valence-corrected chi connectivity index (χ1v) is 8.02. The zero-order valence-corrected chi connectivity index (χ0v) is 14.2. The van der Waals surface area contributed by atoms with Gasteiger partial charge < -0.3 is 15.2 Å². The zero-order chi connectivity index (χ0) is 17.6. The average molecular weight is 336 g/mol. The molecule has 0 aliphatic carbocycles. The van der Waals surface area contributed by atoms with Crippen LogP contribution in [-0.2, 0) is 6.54 Å². The molecule has 7 heteroatoms. The number of imidazole rings is 1. The van der Waals surface area contributed by atoms with E-state index in [-0.39, 0.29) is 12.1 Å². The molecule has 0 bridgehead atoms. The number of hydrogen-bond donors (Lipinski definition) is 2. The van der Waals surface area contributed by atoms with Crippen molar-refractivity contribution in [3.63, 3.8) is 0 Å². The number of carbonyl (C=O) groups is 1. The molecule has 128 valence electrons. The standard InChI is InChI=1S/C18H20N6O/c1-13(24-10-9-20-14(24)2)15-3-5-16(6-4-15)23-18(25)22-12-17-11-19-7-8-21-17/h3-11,13H,12H2,1-2H3,(H2,22,23,25)/t13-/m1/s1. The van der Waals surface area contributed by atoms with Gasteiger partial charge in [-0.25, -0.2) is 9.78 Å². The van der Waals surface area contributed by atoms with E-state index in [2.05, 4.69) is 37.1 Å². The molecule has 2 aromatic heterocycles. The molecule has 2 heterocycles. The fraction of sp³-hybridized carbons (Fsp3) is 0.222. The molecule has 0 aliphatic rings. The molecule has 0 fully saturated rings. The van der Waals surface area contributed by atoms with Gasteiger partial charge in [0.05, 0.1) is 24.5 Å². The number of nitrogens with one attached hydrogen (secondary N) is 2. The lowest BCUT2D eigenvalue weighted by atomic mass is 10.1. The smallest absolute Gasteiger partial charge is 0.319 e. The highest BCUT2D eigenvalue weighted by molar-refractivity contribution is 5.89. The van der Waals surface area contributed by atoms with Crippen LogP contribution in [-0.4, -0.2) is 25.6 Å². The van der Waals surface area contributed by atoms with Crippen molar-refractivity contribution in [2.45, 2.75) is 26.4 Å². The summed E-state index contributed by atoms with van der Waals surface area (Å²) in [6, 6.07) is 7.68. The fourth-order valence-corrected chi connectivity index (χ4v) is 2.57. The molecule has 2 N–H and O–H groups in total. The van der Waals surface area contributed by atoms with Crippen molar-refractivity contribution in [1.82, 2.24) is 24.8 Å². The number of aromatic nitrogens is 4. The summed E-state index contributed by atoms with van der Waals surface area (Å²) < 4.78 is 2.11. The van der Waals surface area contributed by atoms with E-state index in [0.29, 0.717) is 12.2 Å². The van der Waals surface area contributed by atoms with Crippen molar-refractivity contribution >= 4 is 11.7 Å². The van der Waals surface area contributed by atoms with Crippen LogP contribution in [0.3, 0.4) is 0 Å². The molecule has 0 saturated carbocycles. The van der Waals surface area contributed by atoms with Crippen molar-refractivity contribution in [1.29, 1.82) is 0 Å². The molecule has 0 saturated heterocycles. The Morgan fingerprint density at radius 2 is 1.96 bits per heavy atom. The molecule has 25 heavy (non-hydrogen) atoms. The van der Waals surface area contributed by atoms with Gasteiger partial charge in [-0.1, -0.05) is 12.1 Å². The van der Waals surface area contributed by atoms with Gasteiger partial charge in [-0.05, 0) is 31.5 Å². The predicted molar refractivity (Wildman–Crippen MR) is 95.1 cm³/mol. The van der Waals surface area contributed by atoms with Crippen molar-refractivity contribution in [3.05, 3.63) is 72.3 Å². The second-order valence-corrected chi connectivity index (χ2v) is 5.68. The van der Waals surface area contributed by atoms with Crippen molar-refractivity contribution in [3.8, 4) is 0 Å². The van der Waals surface area contributed by atoms with E-state index >= 15 is 0 Å². The Morgan fingerprint density at radius 3 is 2.60 bits per heavy atom. The van der Waals surface area contributed by atoms with Crippen molar-refractivity contribution in [2.24, 2.45) is 0 Å². The number of rotatable bonds is 5. The summed E-state index contributed by atoms with van der Waals surface area (Å²) in [6.07, 6.45) is 8.57. The first-order valence-electron chi connectivity index (χ1n) is 8.02. The third kappa shape index (κ3) is 4.20. The number of anilines is 1. The topological polar surface area (TPSA) is 84.7 Å². The molecule has 2 amide bonds. The largest absolute Gasteiger partial charge is 0.332 e. The minimum Gasteiger partial charge on any atom is -0.332 e. The van der Waals surface area contributed by atoms with Gasteiger partial charge >= 0.3 is 6.03 Å². The minimum absolute atomic E-state index is 0.182. The summed E-state index contributed by atoms with van der Waals surface area (Å²) in [7, 11) is 0. The summed E-state index contributed by atoms with van der Waals surface area (Å²) in [6.45, 7) is 4.42. The molecule has 3 rings (SSSR count). The Labute approximate surface area is 146 Å². The molecule has 0 radical (unpaired) electrons. The van der Waals surface area contributed by atoms with Gasteiger partial charge in [0.25, 0.3) is 0 Å². The van der Waals surface area contributed by atoms with E-state index in [1.807, 2.05) is 37.4 Å². The van der Waals surface area contributed by atoms with E-state index in [0.717, 1.165) is 17.1 Å². The molecule has 1 atom stereocenters. The number of carbonyl (C=O) groups excluding carboxylic acids is 1. The lowest BCUT2D eigenvalue weighted by molar-refractivity contribution is 0.251. The van der Waals surface area contributed by atoms with Crippen LogP contribution in [0.15, 0.2) is 55.2 Å². The Balaban J connectivity index is 1.57. The Morgan fingerprint density at radius 1 is 1.16 bits per heavy atom. The Hall–Kier alpha value is -3.22. The third-order valence-corrected chi connectivity index (χ3v) is 3.98. The maximum atomic E-state index is 12.0. The van der Waals surface area contributed by atoms with E-state index < -0.39 is 0 Å². The maximum Gasteiger partial charge on any atom is 0.319 e. The van der Waals surface area contributed by atoms with Gasteiger partial charge in [0.2, 0.25) is 0 Å². The Kier molecular flexibility index (Phi) is 5.03. The second kappa shape index (κ2) is 7.57. The van der Waals surface area contributed by atoms with Gasteiger partial charge in [0.1, 0.15) is 5.82 Å². The number of nitrogens with zero attached hydrogens (tertiary/aromatic N) is 4. The predicted octanol–water partition coefficient (Wildman–Crippen LogP) is 2.91. The molecule has 7 nitrogen and oxygen atoms in total. The molecule has 1 aromatic carbocycles. The van der Waals surface area contributed by atoms with Crippen molar-refractivity contribution < 1.29 is 4.79 Å². The summed E-state index contributed by atoms with van der Waals surface area (Å²) >= 11 is 0. The van der Waals surface area contributed by atoms with Crippen LogP contribution in [0.4, 0.5) is 10.5 Å². The number of amides is 2. The fourth-order valence-electron chi connectivity index (χ4n) is 2.57. The normalized spacial score (nSPS) is 11.8. The van der Waals surface area contributed by atoms with E-state index in [9.17, 15) is 4.79 Å². The summed E-state index contributed by atoms with van der Waals surface area (Å²) in [5.74, 6) is 0.970. The average Bonchev–Trinajstić information content (AvgIpc) is 3.07. The lowest BCUT2D eigenvalue weighted by Gasteiger charge is -2.16. The monoisotopic (exact) mass is 336 g/mol. The highest BCUT2D eigenvalue weighted by Gasteiger charge is 2.10. The first-order chi connectivity index (χ1) is 12.1. The van der Waals surface area contributed by atoms with Gasteiger partial charge in [-0.3, -0.25) is 9.97 Å². The zero-order valence-electron chi connectivity index (χ0n) is 14.2. The van der Waals surface area contributed by atoms with E-state index in [1.54, 1.807) is 24.8 Å². The highest BCUT2D eigenvalue weighted by Crippen LogP contribution is 2.21. The SMILES string of the molecule is Cc1nccn1[C@H](C)c1ccc(NC(=O)NCc2cnccn2)cc1. The van der Waals surface area contributed by atoms with Gasteiger partial charge in [0.15, 0.2) is 0 Å². The van der Waals surface area contributed by atoms with E-state index in [1.165, 1.54) is 0 Å². The summed E-state index contributed by atoms with van der Waals surface area (Å²) in [4.78, 5) is 24.3. The highest BCUT2D eigenvalue weighted by atomic mass is 16.2. The van der Waals surface area contributed by atoms with Crippen LogP contribution in [0, 0.1) is 6.92 Å². The Bertz CT molecular complexity index is 828. The van der Waals surface area contributed by atoms with Crippen LogP contribution in [0.5, 0.6) is 0 Å². The summed E-state index contributed by atoms with van der Waals surface area (Å²) in [5.41, 5.74) is 2.58. The number of urea groups is 1. The molecule has 0 spiro atoms. The quantitative estimate of drug-likeness (QED) is 0.750. The van der Waals surface area contributed by atoms with Crippen molar-refractivity contribution in [2.75, 3.05) is 5.32 Å². The lowest BCUT2D eigenvalue weighted by Crippen LogP contribution is -2.28.